The SMILES string of the molecule is CC.O=C(NCc1ccn[nH]1)c1ccccc1OC(F)(F)F. The van der Waals surface area contributed by atoms with Crippen molar-refractivity contribution in [3.8, 4) is 5.75 Å². The third-order valence-corrected chi connectivity index (χ3v) is 2.36. The Labute approximate surface area is 125 Å². The van der Waals surface area contributed by atoms with Crippen LogP contribution >= 0.6 is 0 Å². The molecule has 5 nitrogen and oxygen atoms in total. The monoisotopic (exact) mass is 315 g/mol. The summed E-state index contributed by atoms with van der Waals surface area (Å²) in [5.41, 5.74) is 0.442. The van der Waals surface area contributed by atoms with Gasteiger partial charge < -0.3 is 10.1 Å². The summed E-state index contributed by atoms with van der Waals surface area (Å²) in [7, 11) is 0. The minimum atomic E-state index is -4.85. The van der Waals surface area contributed by atoms with Gasteiger partial charge in [-0.15, -0.1) is 13.2 Å². The van der Waals surface area contributed by atoms with E-state index < -0.39 is 18.0 Å². The third kappa shape index (κ3) is 5.47. The van der Waals surface area contributed by atoms with E-state index >= 15 is 0 Å². The van der Waals surface area contributed by atoms with Crippen molar-refractivity contribution in [2.45, 2.75) is 26.8 Å². The van der Waals surface area contributed by atoms with Crippen molar-refractivity contribution in [1.82, 2.24) is 15.5 Å². The first-order valence-electron chi connectivity index (χ1n) is 6.57. The Kier molecular flexibility index (Phi) is 6.43. The lowest BCUT2D eigenvalue weighted by Crippen LogP contribution is -2.25. The van der Waals surface area contributed by atoms with Gasteiger partial charge in [0.05, 0.1) is 17.8 Å². The van der Waals surface area contributed by atoms with Crippen molar-refractivity contribution < 1.29 is 22.7 Å². The first-order valence-corrected chi connectivity index (χ1v) is 6.57. The Bertz CT molecular complexity index is 583. The predicted molar refractivity (Wildman–Crippen MR) is 74.2 cm³/mol. The molecule has 1 amide bonds. The van der Waals surface area contributed by atoms with E-state index in [4.69, 9.17) is 0 Å². The number of amides is 1. The Morgan fingerprint density at radius 1 is 1.27 bits per heavy atom. The fourth-order valence-corrected chi connectivity index (χ4v) is 1.52. The summed E-state index contributed by atoms with van der Waals surface area (Å²) in [5.74, 6) is -1.21. The maximum absolute atomic E-state index is 12.2. The number of ether oxygens (including phenoxy) is 1. The molecule has 2 aromatic rings. The first kappa shape index (κ1) is 17.5. The average molecular weight is 315 g/mol. The van der Waals surface area contributed by atoms with Crippen LogP contribution in [0, 0.1) is 0 Å². The molecule has 2 N–H and O–H groups in total. The minimum absolute atomic E-state index is 0.124. The molecule has 0 aliphatic carbocycles. The number of aromatic nitrogens is 2. The Balaban J connectivity index is 0.00000116. The van der Waals surface area contributed by atoms with Crippen LogP contribution in [0.1, 0.15) is 29.9 Å². The van der Waals surface area contributed by atoms with Gasteiger partial charge in [-0.2, -0.15) is 5.10 Å². The molecule has 0 atom stereocenters. The Hall–Kier alpha value is -2.51. The summed E-state index contributed by atoms with van der Waals surface area (Å²) in [4.78, 5) is 11.9. The molecular formula is C14H16F3N3O2. The van der Waals surface area contributed by atoms with E-state index in [2.05, 4.69) is 20.3 Å². The number of halogens is 3. The van der Waals surface area contributed by atoms with Crippen molar-refractivity contribution in [3.05, 3.63) is 47.8 Å². The smallest absolute Gasteiger partial charge is 0.405 e. The fraction of sp³-hybridized carbons (Fsp3) is 0.286. The van der Waals surface area contributed by atoms with Crippen LogP contribution in [-0.2, 0) is 6.54 Å². The second kappa shape index (κ2) is 8.06. The molecule has 22 heavy (non-hydrogen) atoms. The molecule has 0 spiro atoms. The molecule has 0 unspecified atom stereocenters. The number of hydrogen-bond donors (Lipinski definition) is 2. The zero-order valence-electron chi connectivity index (χ0n) is 12.1. The highest BCUT2D eigenvalue weighted by Crippen LogP contribution is 2.26. The molecule has 0 aliphatic rings. The average Bonchev–Trinajstić information content (AvgIpc) is 2.99. The molecule has 1 heterocycles. The van der Waals surface area contributed by atoms with Crippen LogP contribution in [0.4, 0.5) is 13.2 Å². The molecule has 1 aromatic heterocycles. The van der Waals surface area contributed by atoms with Gasteiger partial charge in [0.2, 0.25) is 0 Å². The van der Waals surface area contributed by atoms with Gasteiger partial charge in [-0.1, -0.05) is 26.0 Å². The number of nitrogens with zero attached hydrogens (tertiary/aromatic N) is 1. The van der Waals surface area contributed by atoms with Gasteiger partial charge >= 0.3 is 6.36 Å². The standard InChI is InChI=1S/C12H10F3N3O2.C2H6/c13-12(14,15)20-10-4-2-1-3-9(10)11(19)16-7-8-5-6-17-18-8;1-2/h1-6H,7H2,(H,16,19)(H,17,18);1-2H3. The molecule has 1 aromatic carbocycles. The minimum Gasteiger partial charge on any atom is -0.405 e. The first-order chi connectivity index (χ1) is 10.5. The topological polar surface area (TPSA) is 67.0 Å². The second-order valence-corrected chi connectivity index (χ2v) is 3.81. The van der Waals surface area contributed by atoms with E-state index in [0.29, 0.717) is 5.69 Å². The van der Waals surface area contributed by atoms with E-state index in [1.54, 1.807) is 6.07 Å². The molecule has 120 valence electrons. The van der Waals surface area contributed by atoms with Crippen molar-refractivity contribution in [2.75, 3.05) is 0 Å². The number of carbonyl (C=O) groups excluding carboxylic acids is 1. The van der Waals surface area contributed by atoms with Crippen LogP contribution in [0.5, 0.6) is 5.75 Å². The summed E-state index contributed by atoms with van der Waals surface area (Å²) >= 11 is 0. The molecule has 0 saturated carbocycles. The van der Waals surface area contributed by atoms with Crippen LogP contribution in [0.3, 0.4) is 0 Å². The molecule has 2 rings (SSSR count). The number of rotatable bonds is 4. The van der Waals surface area contributed by atoms with E-state index in [1.807, 2.05) is 13.8 Å². The van der Waals surface area contributed by atoms with Gasteiger partial charge in [0.1, 0.15) is 5.75 Å². The maximum atomic E-state index is 12.2. The number of hydrogen-bond acceptors (Lipinski definition) is 3. The van der Waals surface area contributed by atoms with Crippen LogP contribution in [-0.4, -0.2) is 22.5 Å². The number of nitrogens with one attached hydrogen (secondary N) is 2. The van der Waals surface area contributed by atoms with Crippen molar-refractivity contribution >= 4 is 5.91 Å². The number of alkyl halides is 3. The van der Waals surface area contributed by atoms with Crippen LogP contribution in [0.25, 0.3) is 0 Å². The van der Waals surface area contributed by atoms with Gasteiger partial charge in [0, 0.05) is 6.20 Å². The third-order valence-electron chi connectivity index (χ3n) is 2.36. The summed E-state index contributed by atoms with van der Waals surface area (Å²) in [6.07, 6.45) is -3.35. The number of benzene rings is 1. The lowest BCUT2D eigenvalue weighted by atomic mass is 10.2. The number of aromatic amines is 1. The van der Waals surface area contributed by atoms with Gasteiger partial charge in [-0.05, 0) is 18.2 Å². The molecule has 0 fully saturated rings. The van der Waals surface area contributed by atoms with Crippen molar-refractivity contribution in [1.29, 1.82) is 0 Å². The summed E-state index contributed by atoms with van der Waals surface area (Å²) < 4.78 is 40.5. The number of para-hydroxylation sites is 1. The molecule has 0 aliphatic heterocycles. The van der Waals surface area contributed by atoms with Crippen LogP contribution < -0.4 is 10.1 Å². The highest BCUT2D eigenvalue weighted by molar-refractivity contribution is 5.96. The van der Waals surface area contributed by atoms with E-state index in [1.165, 1.54) is 24.4 Å². The van der Waals surface area contributed by atoms with Gasteiger partial charge in [0.15, 0.2) is 0 Å². The fourth-order valence-electron chi connectivity index (χ4n) is 1.52. The van der Waals surface area contributed by atoms with Crippen LogP contribution in [0.2, 0.25) is 0 Å². The van der Waals surface area contributed by atoms with E-state index in [-0.39, 0.29) is 12.1 Å². The molecule has 0 saturated heterocycles. The number of H-pyrrole nitrogens is 1. The summed E-state index contributed by atoms with van der Waals surface area (Å²) in [5, 5.41) is 8.78. The van der Waals surface area contributed by atoms with E-state index in [9.17, 15) is 18.0 Å². The highest BCUT2D eigenvalue weighted by atomic mass is 19.4. The lowest BCUT2D eigenvalue weighted by Gasteiger charge is -2.12. The molecule has 0 radical (unpaired) electrons. The van der Waals surface area contributed by atoms with E-state index in [0.717, 1.165) is 6.07 Å². The van der Waals surface area contributed by atoms with Crippen molar-refractivity contribution in [3.63, 3.8) is 0 Å². The quantitative estimate of drug-likeness (QED) is 0.910. The molecule has 0 bridgehead atoms. The lowest BCUT2D eigenvalue weighted by molar-refractivity contribution is -0.274. The second-order valence-electron chi connectivity index (χ2n) is 3.81. The zero-order valence-corrected chi connectivity index (χ0v) is 12.1. The Morgan fingerprint density at radius 2 is 1.95 bits per heavy atom. The normalized spacial score (nSPS) is 10.4. The summed E-state index contributed by atoms with van der Waals surface area (Å²) in [6.45, 7) is 4.12. The summed E-state index contributed by atoms with van der Waals surface area (Å²) in [6, 6.07) is 6.78. The maximum Gasteiger partial charge on any atom is 0.573 e. The van der Waals surface area contributed by atoms with Gasteiger partial charge in [0.25, 0.3) is 5.91 Å². The van der Waals surface area contributed by atoms with Crippen LogP contribution in [0.15, 0.2) is 36.5 Å². The number of carbonyl (C=O) groups is 1. The van der Waals surface area contributed by atoms with Crippen molar-refractivity contribution in [2.24, 2.45) is 0 Å². The molecular weight excluding hydrogens is 299 g/mol. The van der Waals surface area contributed by atoms with Gasteiger partial charge in [-0.25, -0.2) is 0 Å². The predicted octanol–water partition coefficient (Wildman–Crippen LogP) is 3.26. The zero-order chi connectivity index (χ0) is 16.6. The van der Waals surface area contributed by atoms with Gasteiger partial charge in [-0.3, -0.25) is 9.89 Å². The molecule has 8 heteroatoms. The largest absolute Gasteiger partial charge is 0.573 e. The highest BCUT2D eigenvalue weighted by Gasteiger charge is 2.32. The Morgan fingerprint density at radius 3 is 2.55 bits per heavy atom.